The van der Waals surface area contributed by atoms with Gasteiger partial charge in [-0.3, -0.25) is 4.90 Å². The molecule has 0 radical (unpaired) electrons. The van der Waals surface area contributed by atoms with Crippen LogP contribution >= 0.6 is 0 Å². The van der Waals surface area contributed by atoms with E-state index in [0.717, 1.165) is 57.7 Å². The molecular weight excluding hydrogens is 282 g/mol. The Hall–Kier alpha value is -0.980. The molecule has 2 aliphatic rings. The molecule has 0 amide bonds. The van der Waals surface area contributed by atoms with Crippen molar-refractivity contribution in [3.63, 3.8) is 0 Å². The van der Waals surface area contributed by atoms with E-state index in [-0.39, 0.29) is 17.9 Å². The Labute approximate surface area is 131 Å². The Morgan fingerprint density at radius 2 is 2.32 bits per heavy atom. The zero-order valence-electron chi connectivity index (χ0n) is 13.5. The highest BCUT2D eigenvalue weighted by Crippen LogP contribution is 2.35. The first-order valence-electron chi connectivity index (χ1n) is 8.48. The summed E-state index contributed by atoms with van der Waals surface area (Å²) in [5, 5.41) is 18.1. The van der Waals surface area contributed by atoms with Gasteiger partial charge in [0, 0.05) is 25.2 Å². The molecular formula is C16H27N3O3. The van der Waals surface area contributed by atoms with Crippen LogP contribution in [0.4, 0.5) is 0 Å². The fourth-order valence-electron chi connectivity index (χ4n) is 3.73. The van der Waals surface area contributed by atoms with Gasteiger partial charge in [0.1, 0.15) is 0 Å². The van der Waals surface area contributed by atoms with Gasteiger partial charge in [-0.15, -0.1) is 10.2 Å². The summed E-state index contributed by atoms with van der Waals surface area (Å²) in [7, 11) is 0. The standard InChI is InChI=1S/C16H27N3O3/c1-2-5-16(12-20)6-7-19(11-16)9-14-17-18-15(22-14)13-4-3-8-21-10-13/h13,20H,2-12H2,1H3. The zero-order valence-corrected chi connectivity index (χ0v) is 13.5. The number of aromatic nitrogens is 2. The van der Waals surface area contributed by atoms with E-state index in [1.165, 1.54) is 0 Å². The molecule has 2 unspecified atom stereocenters. The highest BCUT2D eigenvalue weighted by atomic mass is 16.5. The molecule has 0 bridgehead atoms. The topological polar surface area (TPSA) is 71.6 Å². The molecule has 0 saturated carbocycles. The minimum absolute atomic E-state index is 0.0643. The Balaban J connectivity index is 1.56. The van der Waals surface area contributed by atoms with E-state index >= 15 is 0 Å². The van der Waals surface area contributed by atoms with Crippen molar-refractivity contribution < 1.29 is 14.3 Å². The monoisotopic (exact) mass is 309 g/mol. The number of aliphatic hydroxyl groups excluding tert-OH is 1. The van der Waals surface area contributed by atoms with Gasteiger partial charge < -0.3 is 14.3 Å². The molecule has 2 aliphatic heterocycles. The van der Waals surface area contributed by atoms with E-state index in [9.17, 15) is 5.11 Å². The van der Waals surface area contributed by atoms with Gasteiger partial charge in [0.25, 0.3) is 0 Å². The third-order valence-electron chi connectivity index (χ3n) is 4.98. The van der Waals surface area contributed by atoms with Crippen molar-refractivity contribution in [3.8, 4) is 0 Å². The van der Waals surface area contributed by atoms with Crippen molar-refractivity contribution in [3.05, 3.63) is 11.8 Å². The highest BCUT2D eigenvalue weighted by Gasteiger charge is 2.37. The molecule has 1 aromatic rings. The quantitative estimate of drug-likeness (QED) is 0.866. The lowest BCUT2D eigenvalue weighted by molar-refractivity contribution is 0.0717. The second-order valence-electron chi connectivity index (χ2n) is 6.82. The summed E-state index contributed by atoms with van der Waals surface area (Å²) in [6.07, 6.45) is 5.37. The van der Waals surface area contributed by atoms with Gasteiger partial charge in [0.05, 0.1) is 19.1 Å². The van der Waals surface area contributed by atoms with Crippen LogP contribution < -0.4 is 0 Å². The summed E-state index contributed by atoms with van der Waals surface area (Å²) in [4.78, 5) is 2.32. The zero-order chi connectivity index (χ0) is 15.4. The average molecular weight is 309 g/mol. The van der Waals surface area contributed by atoms with Crippen molar-refractivity contribution in [1.29, 1.82) is 0 Å². The van der Waals surface area contributed by atoms with Crippen LogP contribution in [0, 0.1) is 5.41 Å². The smallest absolute Gasteiger partial charge is 0.230 e. The first-order valence-corrected chi connectivity index (χ1v) is 8.48. The minimum Gasteiger partial charge on any atom is -0.423 e. The van der Waals surface area contributed by atoms with Crippen molar-refractivity contribution >= 4 is 0 Å². The van der Waals surface area contributed by atoms with Crippen molar-refractivity contribution in [1.82, 2.24) is 15.1 Å². The maximum atomic E-state index is 9.71. The molecule has 22 heavy (non-hydrogen) atoms. The second-order valence-corrected chi connectivity index (χ2v) is 6.82. The number of ether oxygens (including phenoxy) is 1. The first-order chi connectivity index (χ1) is 10.7. The third-order valence-corrected chi connectivity index (χ3v) is 4.98. The van der Waals surface area contributed by atoms with Crippen LogP contribution in [0.3, 0.4) is 0 Å². The minimum atomic E-state index is 0.0643. The van der Waals surface area contributed by atoms with E-state index in [0.29, 0.717) is 19.0 Å². The molecule has 3 heterocycles. The maximum Gasteiger partial charge on any atom is 0.230 e. The molecule has 3 rings (SSSR count). The molecule has 0 aliphatic carbocycles. The number of rotatable bonds is 6. The van der Waals surface area contributed by atoms with Gasteiger partial charge in [-0.2, -0.15) is 0 Å². The van der Waals surface area contributed by atoms with Crippen LogP contribution in [0.5, 0.6) is 0 Å². The normalized spacial score (nSPS) is 30.0. The second kappa shape index (κ2) is 7.06. The molecule has 1 aromatic heterocycles. The van der Waals surface area contributed by atoms with Crippen LogP contribution in [0.1, 0.15) is 56.7 Å². The summed E-state index contributed by atoms with van der Waals surface area (Å²) in [5.41, 5.74) is 0.0643. The van der Waals surface area contributed by atoms with E-state index < -0.39 is 0 Å². The lowest BCUT2D eigenvalue weighted by atomic mass is 9.83. The Bertz CT molecular complexity index is 473. The van der Waals surface area contributed by atoms with E-state index in [2.05, 4.69) is 22.0 Å². The average Bonchev–Trinajstić information content (AvgIpc) is 3.17. The summed E-state index contributed by atoms with van der Waals surface area (Å²) in [5.74, 6) is 1.66. The van der Waals surface area contributed by atoms with Gasteiger partial charge >= 0.3 is 0 Å². The summed E-state index contributed by atoms with van der Waals surface area (Å²) < 4.78 is 11.3. The molecule has 6 heteroatoms. The molecule has 2 saturated heterocycles. The largest absolute Gasteiger partial charge is 0.423 e. The van der Waals surface area contributed by atoms with E-state index in [4.69, 9.17) is 9.15 Å². The maximum absolute atomic E-state index is 9.71. The number of likely N-dealkylation sites (tertiary alicyclic amines) is 1. The third kappa shape index (κ3) is 3.50. The highest BCUT2D eigenvalue weighted by molar-refractivity contribution is 4.95. The van der Waals surface area contributed by atoms with Gasteiger partial charge in [0.2, 0.25) is 11.8 Å². The van der Waals surface area contributed by atoms with E-state index in [1.54, 1.807) is 0 Å². The first kappa shape index (κ1) is 15.9. The van der Waals surface area contributed by atoms with E-state index in [1.807, 2.05) is 0 Å². The number of nitrogens with zero attached hydrogens (tertiary/aromatic N) is 3. The molecule has 0 aromatic carbocycles. The molecule has 124 valence electrons. The molecule has 1 N–H and O–H groups in total. The molecule has 2 atom stereocenters. The predicted molar refractivity (Wildman–Crippen MR) is 81.4 cm³/mol. The van der Waals surface area contributed by atoms with Gasteiger partial charge in [0.15, 0.2) is 0 Å². The van der Waals surface area contributed by atoms with Gasteiger partial charge in [-0.05, 0) is 32.2 Å². The molecule has 6 nitrogen and oxygen atoms in total. The number of aliphatic hydroxyl groups is 1. The van der Waals surface area contributed by atoms with Crippen molar-refractivity contribution in [2.24, 2.45) is 5.41 Å². The van der Waals surface area contributed by atoms with Crippen LogP contribution in [-0.2, 0) is 11.3 Å². The molecule has 2 fully saturated rings. The van der Waals surface area contributed by atoms with Crippen LogP contribution in [0.2, 0.25) is 0 Å². The Kier molecular flexibility index (Phi) is 5.10. The fourth-order valence-corrected chi connectivity index (χ4v) is 3.73. The van der Waals surface area contributed by atoms with Crippen LogP contribution in [-0.4, -0.2) is 53.1 Å². The Morgan fingerprint density at radius 1 is 1.41 bits per heavy atom. The predicted octanol–water partition coefficient (Wildman–Crippen LogP) is 1.95. The number of hydrogen-bond acceptors (Lipinski definition) is 6. The van der Waals surface area contributed by atoms with Gasteiger partial charge in [-0.25, -0.2) is 0 Å². The molecule has 0 spiro atoms. The van der Waals surface area contributed by atoms with Crippen LogP contribution in [0.15, 0.2) is 4.42 Å². The number of hydrogen-bond donors (Lipinski definition) is 1. The van der Waals surface area contributed by atoms with Crippen molar-refractivity contribution in [2.75, 3.05) is 32.9 Å². The van der Waals surface area contributed by atoms with Crippen molar-refractivity contribution in [2.45, 2.75) is 51.5 Å². The summed E-state index contributed by atoms with van der Waals surface area (Å²) in [6.45, 7) is 6.57. The summed E-state index contributed by atoms with van der Waals surface area (Å²) in [6, 6.07) is 0. The Morgan fingerprint density at radius 3 is 3.05 bits per heavy atom. The lowest BCUT2D eigenvalue weighted by Crippen LogP contribution is -2.30. The van der Waals surface area contributed by atoms with Gasteiger partial charge in [-0.1, -0.05) is 13.3 Å². The lowest BCUT2D eigenvalue weighted by Gasteiger charge is -2.26. The summed E-state index contributed by atoms with van der Waals surface area (Å²) >= 11 is 0. The van der Waals surface area contributed by atoms with Crippen LogP contribution in [0.25, 0.3) is 0 Å². The fraction of sp³-hybridized carbons (Fsp3) is 0.875. The SMILES string of the molecule is CCCC1(CO)CCN(Cc2nnc(C3CCCOC3)o2)C1.